The third kappa shape index (κ3) is 1.96. The van der Waals surface area contributed by atoms with E-state index in [-0.39, 0.29) is 0 Å². The zero-order chi connectivity index (χ0) is 10.0. The van der Waals surface area contributed by atoms with Crippen LogP contribution in [0.5, 0.6) is 0 Å². The lowest BCUT2D eigenvalue weighted by molar-refractivity contribution is -0.361. The predicted octanol–water partition coefficient (Wildman–Crippen LogP) is -2.31. The summed E-state index contributed by atoms with van der Waals surface area (Å²) >= 11 is 0. The molecule has 13 heavy (non-hydrogen) atoms. The van der Waals surface area contributed by atoms with Crippen LogP contribution in [0.1, 0.15) is 0 Å². The fraction of sp³-hybridized carbons (Fsp3) is 1.00. The maximum atomic E-state index is 11.7. The van der Waals surface area contributed by atoms with Crippen LogP contribution >= 0.6 is 0 Å². The highest BCUT2D eigenvalue weighted by Crippen LogP contribution is 2.21. The number of hydrogen-bond donors (Lipinski definition) is 4. The molecular weight excluding hydrogens is 187 g/mol. The van der Waals surface area contributed by atoms with E-state index < -0.39 is 37.3 Å². The summed E-state index contributed by atoms with van der Waals surface area (Å²) < 4.78 is 16.3. The van der Waals surface area contributed by atoms with Crippen LogP contribution in [-0.4, -0.2) is 57.7 Å². The van der Waals surface area contributed by atoms with Crippen molar-refractivity contribution in [3.63, 3.8) is 0 Å². The predicted molar refractivity (Wildman–Crippen MR) is 36.0 cm³/mol. The second kappa shape index (κ2) is 4.27. The van der Waals surface area contributed by atoms with Crippen molar-refractivity contribution in [2.24, 2.45) is 0 Å². The molecule has 4 N–H and O–H groups in total. The summed E-state index contributed by atoms with van der Waals surface area (Å²) in [5.41, 5.74) is 0. The third-order valence-electron chi connectivity index (χ3n) is 1.94. The second-order valence-electron chi connectivity index (χ2n) is 2.79. The van der Waals surface area contributed by atoms with Gasteiger partial charge >= 0.3 is 0 Å². The van der Waals surface area contributed by atoms with E-state index in [9.17, 15) is 4.53 Å². The average Bonchev–Trinajstić information content (AvgIpc) is 2.15. The van der Waals surface area contributed by atoms with Gasteiger partial charge in [0, 0.05) is 0 Å². The van der Waals surface area contributed by atoms with Crippen LogP contribution < -0.4 is 0 Å². The average molecular weight is 198 g/mol. The molecule has 1 saturated heterocycles. The first kappa shape index (κ1) is 10.8. The first-order chi connectivity index (χ1) is 6.11. The highest BCUT2D eigenvalue weighted by Gasteiger charge is 2.44. The number of aliphatic hydroxyl groups is 4. The van der Waals surface area contributed by atoms with E-state index in [2.05, 4.69) is 9.68 Å². The minimum atomic E-state index is -1.68. The Morgan fingerprint density at radius 2 is 1.77 bits per heavy atom. The van der Waals surface area contributed by atoms with E-state index in [1.54, 1.807) is 0 Å². The molecule has 1 aliphatic rings. The van der Waals surface area contributed by atoms with Crippen LogP contribution in [-0.2, 0) is 9.68 Å². The van der Waals surface area contributed by atoms with Gasteiger partial charge in [0.05, 0.1) is 6.61 Å². The Kier molecular flexibility index (Phi) is 3.54. The van der Waals surface area contributed by atoms with Gasteiger partial charge in [-0.15, -0.1) is 0 Å². The molecular formula is C6H11FO6. The summed E-state index contributed by atoms with van der Waals surface area (Å²) in [7, 11) is 0. The molecule has 0 aliphatic carbocycles. The summed E-state index contributed by atoms with van der Waals surface area (Å²) in [5, 5.41) is 35.9. The van der Waals surface area contributed by atoms with Gasteiger partial charge in [-0.1, -0.05) is 0 Å². The van der Waals surface area contributed by atoms with Crippen molar-refractivity contribution < 1.29 is 34.6 Å². The molecule has 0 aromatic heterocycles. The smallest absolute Gasteiger partial charge is 0.225 e. The van der Waals surface area contributed by atoms with Crippen molar-refractivity contribution in [2.75, 3.05) is 6.61 Å². The minimum Gasteiger partial charge on any atom is -0.394 e. The van der Waals surface area contributed by atoms with Gasteiger partial charge in [-0.05, 0) is 4.53 Å². The molecule has 0 bridgehead atoms. The molecule has 0 saturated carbocycles. The topological polar surface area (TPSA) is 99.4 Å². The molecule has 0 unspecified atom stereocenters. The third-order valence-corrected chi connectivity index (χ3v) is 1.94. The number of halogens is 1. The van der Waals surface area contributed by atoms with E-state index in [4.69, 9.17) is 20.4 Å². The Morgan fingerprint density at radius 1 is 1.15 bits per heavy atom. The Labute approximate surface area is 73.0 Å². The molecule has 1 rings (SSSR count). The van der Waals surface area contributed by atoms with Crippen molar-refractivity contribution in [2.45, 2.75) is 30.7 Å². The molecule has 1 aliphatic heterocycles. The van der Waals surface area contributed by atoms with Crippen LogP contribution in [0.15, 0.2) is 0 Å². The first-order valence-corrected chi connectivity index (χ1v) is 3.69. The Bertz CT molecular complexity index is 147. The summed E-state index contributed by atoms with van der Waals surface area (Å²) in [5.74, 6) is 0. The summed E-state index contributed by atoms with van der Waals surface area (Å²) in [6, 6.07) is 0. The highest BCUT2D eigenvalue weighted by atomic mass is 19.3. The van der Waals surface area contributed by atoms with Gasteiger partial charge in [0.1, 0.15) is 24.4 Å². The molecule has 6 nitrogen and oxygen atoms in total. The lowest BCUT2D eigenvalue weighted by Crippen LogP contribution is -2.58. The SMILES string of the molecule is OC[C@H]1O[C@H](OF)[C@H](O)[C@@H](O)[C@@H]1O. The Balaban J connectivity index is 2.66. The van der Waals surface area contributed by atoms with Gasteiger partial charge in [0.2, 0.25) is 6.29 Å². The molecule has 0 aromatic rings. The van der Waals surface area contributed by atoms with Gasteiger partial charge in [-0.25, -0.2) is 0 Å². The zero-order valence-corrected chi connectivity index (χ0v) is 6.58. The second-order valence-corrected chi connectivity index (χ2v) is 2.79. The Morgan fingerprint density at radius 3 is 2.23 bits per heavy atom. The van der Waals surface area contributed by atoms with Gasteiger partial charge in [-0.2, -0.15) is 4.94 Å². The van der Waals surface area contributed by atoms with E-state index in [0.717, 1.165) is 0 Å². The summed E-state index contributed by atoms with van der Waals surface area (Å²) in [4.78, 5) is 3.20. The summed E-state index contributed by atoms with van der Waals surface area (Å²) in [6.45, 7) is -0.606. The zero-order valence-electron chi connectivity index (χ0n) is 6.58. The standard InChI is InChI=1S/C6H11FO6/c7-13-6-5(11)4(10)3(9)2(1-8)12-6/h2-6,8-11H,1H2/t2-,3-,4+,5-,6-/m1/s1. The van der Waals surface area contributed by atoms with E-state index in [1.807, 2.05) is 0 Å². The molecule has 1 fully saturated rings. The monoisotopic (exact) mass is 198 g/mol. The highest BCUT2D eigenvalue weighted by molar-refractivity contribution is 4.88. The molecule has 0 radical (unpaired) electrons. The largest absolute Gasteiger partial charge is 0.394 e. The molecule has 1 heterocycles. The van der Waals surface area contributed by atoms with Crippen molar-refractivity contribution in [1.82, 2.24) is 0 Å². The normalized spacial score (nSPS) is 46.4. The fourth-order valence-corrected chi connectivity index (χ4v) is 1.14. The van der Waals surface area contributed by atoms with Crippen molar-refractivity contribution >= 4 is 0 Å². The van der Waals surface area contributed by atoms with Crippen molar-refractivity contribution in [3.8, 4) is 0 Å². The van der Waals surface area contributed by atoms with E-state index >= 15 is 0 Å². The maximum Gasteiger partial charge on any atom is 0.225 e. The van der Waals surface area contributed by atoms with E-state index in [0.29, 0.717) is 0 Å². The molecule has 0 amide bonds. The van der Waals surface area contributed by atoms with Crippen LogP contribution in [0.3, 0.4) is 0 Å². The minimum absolute atomic E-state index is 0.606. The van der Waals surface area contributed by atoms with Crippen LogP contribution in [0, 0.1) is 0 Å². The van der Waals surface area contributed by atoms with Gasteiger partial charge in [0.25, 0.3) is 0 Å². The molecule has 5 atom stereocenters. The molecule has 7 heteroatoms. The number of ether oxygens (including phenoxy) is 1. The molecule has 0 spiro atoms. The van der Waals surface area contributed by atoms with Crippen LogP contribution in [0.25, 0.3) is 0 Å². The molecule has 0 aromatic carbocycles. The number of hydrogen-bond acceptors (Lipinski definition) is 6. The van der Waals surface area contributed by atoms with Crippen molar-refractivity contribution in [1.29, 1.82) is 0 Å². The van der Waals surface area contributed by atoms with Gasteiger partial charge in [-0.3, -0.25) is 0 Å². The number of rotatable bonds is 2. The lowest BCUT2D eigenvalue weighted by atomic mass is 9.99. The van der Waals surface area contributed by atoms with Crippen LogP contribution in [0.2, 0.25) is 0 Å². The maximum absolute atomic E-state index is 11.7. The van der Waals surface area contributed by atoms with Crippen molar-refractivity contribution in [3.05, 3.63) is 0 Å². The summed E-state index contributed by atoms with van der Waals surface area (Å²) in [6.07, 6.45) is -7.60. The molecule has 78 valence electrons. The van der Waals surface area contributed by atoms with E-state index in [1.165, 1.54) is 0 Å². The quantitative estimate of drug-likeness (QED) is 0.398. The van der Waals surface area contributed by atoms with Gasteiger partial charge in [0.15, 0.2) is 0 Å². The number of aliphatic hydroxyl groups excluding tert-OH is 4. The first-order valence-electron chi connectivity index (χ1n) is 3.69. The Hall–Kier alpha value is -0.310. The van der Waals surface area contributed by atoms with Gasteiger partial charge < -0.3 is 25.2 Å². The van der Waals surface area contributed by atoms with Crippen LogP contribution in [0.4, 0.5) is 4.53 Å². The lowest BCUT2D eigenvalue weighted by Gasteiger charge is -2.37. The fourth-order valence-electron chi connectivity index (χ4n) is 1.14.